The molecular weight excluding hydrogens is 277 g/mol. The SMILES string of the molecule is O=P(O)(O)OC1CCCN1C12CC3CC(CC(C3)C1)C2. The third kappa shape index (κ3) is 2.28. The Hall–Kier alpha value is 0.0700. The molecule has 0 amide bonds. The van der Waals surface area contributed by atoms with E-state index in [-0.39, 0.29) is 11.8 Å². The topological polar surface area (TPSA) is 70.0 Å². The predicted octanol–water partition coefficient (Wildman–Crippen LogP) is 2.49. The maximum Gasteiger partial charge on any atom is 0.471 e. The Balaban J connectivity index is 1.58. The van der Waals surface area contributed by atoms with Crippen LogP contribution >= 0.6 is 7.82 Å². The lowest BCUT2D eigenvalue weighted by molar-refractivity contribution is -0.128. The van der Waals surface area contributed by atoms with Gasteiger partial charge in [-0.1, -0.05) is 0 Å². The van der Waals surface area contributed by atoms with Gasteiger partial charge in [0.1, 0.15) is 6.23 Å². The molecule has 1 heterocycles. The van der Waals surface area contributed by atoms with Crippen LogP contribution in [0.3, 0.4) is 0 Å². The van der Waals surface area contributed by atoms with Gasteiger partial charge in [-0.2, -0.15) is 0 Å². The number of nitrogens with zero attached hydrogens (tertiary/aromatic N) is 1. The van der Waals surface area contributed by atoms with Crippen LogP contribution in [-0.4, -0.2) is 33.0 Å². The minimum Gasteiger partial charge on any atom is -0.303 e. The lowest BCUT2D eigenvalue weighted by Gasteiger charge is -2.60. The van der Waals surface area contributed by atoms with E-state index in [2.05, 4.69) is 4.90 Å². The van der Waals surface area contributed by atoms with Gasteiger partial charge in [0.05, 0.1) is 0 Å². The number of hydrogen-bond donors (Lipinski definition) is 2. The fraction of sp³-hybridized carbons (Fsp3) is 1.00. The van der Waals surface area contributed by atoms with Crippen LogP contribution in [0.25, 0.3) is 0 Å². The van der Waals surface area contributed by atoms with E-state index in [1.54, 1.807) is 0 Å². The number of phosphoric ester groups is 1. The fourth-order valence-corrected chi connectivity index (χ4v) is 6.50. The largest absolute Gasteiger partial charge is 0.471 e. The van der Waals surface area contributed by atoms with E-state index in [0.29, 0.717) is 0 Å². The minimum atomic E-state index is -4.39. The maximum atomic E-state index is 11.2. The molecule has 0 spiro atoms. The molecule has 0 radical (unpaired) electrons. The van der Waals surface area contributed by atoms with E-state index in [9.17, 15) is 4.57 Å². The molecule has 20 heavy (non-hydrogen) atoms. The first kappa shape index (κ1) is 13.7. The van der Waals surface area contributed by atoms with Gasteiger partial charge in [-0.25, -0.2) is 4.57 Å². The Morgan fingerprint density at radius 1 is 1.05 bits per heavy atom. The van der Waals surface area contributed by atoms with E-state index in [4.69, 9.17) is 14.3 Å². The lowest BCUT2D eigenvalue weighted by Crippen LogP contribution is -2.61. The van der Waals surface area contributed by atoms with Crippen molar-refractivity contribution in [2.45, 2.75) is 63.1 Å². The van der Waals surface area contributed by atoms with Crippen LogP contribution in [0.5, 0.6) is 0 Å². The molecule has 114 valence electrons. The zero-order valence-corrected chi connectivity index (χ0v) is 12.7. The Morgan fingerprint density at radius 3 is 2.10 bits per heavy atom. The number of hydrogen-bond acceptors (Lipinski definition) is 3. The molecule has 0 aromatic rings. The molecule has 4 bridgehead atoms. The summed E-state index contributed by atoms with van der Waals surface area (Å²) in [6.45, 7) is 0.941. The summed E-state index contributed by atoms with van der Waals surface area (Å²) in [5.74, 6) is 2.53. The van der Waals surface area contributed by atoms with Crippen LogP contribution in [0.4, 0.5) is 0 Å². The molecule has 1 unspecified atom stereocenters. The maximum absolute atomic E-state index is 11.2. The van der Waals surface area contributed by atoms with Crippen molar-refractivity contribution in [3.63, 3.8) is 0 Å². The van der Waals surface area contributed by atoms with Gasteiger partial charge in [-0.15, -0.1) is 0 Å². The summed E-state index contributed by atoms with van der Waals surface area (Å²) in [6, 6.07) is 0. The van der Waals surface area contributed by atoms with Crippen molar-refractivity contribution in [2.75, 3.05) is 6.54 Å². The van der Waals surface area contributed by atoms with Gasteiger partial charge in [-0.05, 0) is 69.1 Å². The van der Waals surface area contributed by atoms with E-state index in [1.807, 2.05) is 0 Å². The van der Waals surface area contributed by atoms with Crippen molar-refractivity contribution >= 4 is 7.82 Å². The average Bonchev–Trinajstić information content (AvgIpc) is 2.73. The highest BCUT2D eigenvalue weighted by atomic mass is 31.2. The highest BCUT2D eigenvalue weighted by Crippen LogP contribution is 2.59. The fourth-order valence-electron chi connectivity index (χ4n) is 5.96. The smallest absolute Gasteiger partial charge is 0.303 e. The Morgan fingerprint density at radius 2 is 1.60 bits per heavy atom. The average molecular weight is 301 g/mol. The molecule has 5 rings (SSSR count). The van der Waals surface area contributed by atoms with Crippen LogP contribution < -0.4 is 0 Å². The van der Waals surface area contributed by atoms with Gasteiger partial charge in [-0.3, -0.25) is 9.42 Å². The quantitative estimate of drug-likeness (QED) is 0.784. The summed E-state index contributed by atoms with van der Waals surface area (Å²) >= 11 is 0. The van der Waals surface area contributed by atoms with Gasteiger partial charge < -0.3 is 9.79 Å². The van der Waals surface area contributed by atoms with E-state index in [0.717, 1.165) is 37.1 Å². The summed E-state index contributed by atoms with van der Waals surface area (Å²) in [5, 5.41) is 0. The molecular formula is C14H24NO4P. The molecule has 5 aliphatic rings. The van der Waals surface area contributed by atoms with Gasteiger partial charge in [0, 0.05) is 12.1 Å². The molecule has 0 aromatic carbocycles. The summed E-state index contributed by atoms with van der Waals surface area (Å²) in [6.07, 6.45) is 9.21. The van der Waals surface area contributed by atoms with E-state index >= 15 is 0 Å². The van der Waals surface area contributed by atoms with Gasteiger partial charge in [0.2, 0.25) is 0 Å². The van der Waals surface area contributed by atoms with Crippen molar-refractivity contribution in [2.24, 2.45) is 17.8 Å². The molecule has 5 nitrogen and oxygen atoms in total. The van der Waals surface area contributed by atoms with Crippen LogP contribution in [-0.2, 0) is 9.09 Å². The standard InChI is InChI=1S/C14H24NO4P/c16-20(17,18)19-13-2-1-3-15(13)14-7-10-4-11(8-14)6-12(5-10)9-14/h10-13H,1-9H2,(H2,16,17,18). The molecule has 1 saturated heterocycles. The predicted molar refractivity (Wildman–Crippen MR) is 73.8 cm³/mol. The molecule has 4 aliphatic carbocycles. The third-order valence-corrected chi connectivity index (χ3v) is 6.59. The van der Waals surface area contributed by atoms with Gasteiger partial charge >= 0.3 is 7.82 Å². The Bertz CT molecular complexity index is 413. The zero-order chi connectivity index (χ0) is 14.0. The van der Waals surface area contributed by atoms with Crippen LogP contribution in [0.2, 0.25) is 0 Å². The second-order valence-corrected chi connectivity index (χ2v) is 8.72. The van der Waals surface area contributed by atoms with Crippen molar-refractivity contribution in [1.82, 2.24) is 4.90 Å². The molecule has 1 atom stereocenters. The van der Waals surface area contributed by atoms with Crippen molar-refractivity contribution in [1.29, 1.82) is 0 Å². The monoisotopic (exact) mass is 301 g/mol. The number of rotatable bonds is 3. The molecule has 1 aliphatic heterocycles. The number of likely N-dealkylation sites (tertiary alicyclic amines) is 1. The first-order valence-corrected chi connectivity index (χ1v) is 9.47. The normalized spacial score (nSPS) is 48.1. The Kier molecular flexibility index (Phi) is 3.11. The molecule has 4 saturated carbocycles. The van der Waals surface area contributed by atoms with Gasteiger partial charge in [0.25, 0.3) is 0 Å². The summed E-state index contributed by atoms with van der Waals surface area (Å²) in [4.78, 5) is 20.6. The van der Waals surface area contributed by atoms with Crippen LogP contribution in [0.15, 0.2) is 0 Å². The highest BCUT2D eigenvalue weighted by molar-refractivity contribution is 7.46. The molecule has 6 heteroatoms. The third-order valence-electron chi connectivity index (χ3n) is 6.07. The summed E-state index contributed by atoms with van der Waals surface area (Å²) in [7, 11) is -4.39. The molecule has 5 fully saturated rings. The van der Waals surface area contributed by atoms with Crippen molar-refractivity contribution in [3.05, 3.63) is 0 Å². The van der Waals surface area contributed by atoms with Crippen LogP contribution in [0.1, 0.15) is 51.4 Å². The Labute approximate surface area is 119 Å². The zero-order valence-electron chi connectivity index (χ0n) is 11.8. The summed E-state index contributed by atoms with van der Waals surface area (Å²) in [5.41, 5.74) is 0.186. The van der Waals surface area contributed by atoms with Crippen LogP contribution in [0, 0.1) is 17.8 Å². The first-order valence-electron chi connectivity index (χ1n) is 7.94. The summed E-state index contributed by atoms with van der Waals surface area (Å²) < 4.78 is 16.3. The van der Waals surface area contributed by atoms with E-state index in [1.165, 1.54) is 38.5 Å². The first-order chi connectivity index (χ1) is 9.44. The minimum absolute atomic E-state index is 0.186. The van der Waals surface area contributed by atoms with Gasteiger partial charge in [0.15, 0.2) is 0 Å². The second-order valence-electron chi connectivity index (χ2n) is 7.53. The second kappa shape index (κ2) is 4.53. The van der Waals surface area contributed by atoms with Crippen molar-refractivity contribution in [3.8, 4) is 0 Å². The lowest BCUT2D eigenvalue weighted by atomic mass is 9.52. The van der Waals surface area contributed by atoms with Crippen molar-refractivity contribution < 1.29 is 18.9 Å². The highest BCUT2D eigenvalue weighted by Gasteiger charge is 2.56. The molecule has 2 N–H and O–H groups in total. The number of phosphoric acid groups is 1. The van der Waals surface area contributed by atoms with E-state index < -0.39 is 7.82 Å². The molecule has 0 aromatic heterocycles.